The van der Waals surface area contributed by atoms with Gasteiger partial charge in [0, 0.05) is 0 Å². The highest BCUT2D eigenvalue weighted by Gasteiger charge is 2.24. The summed E-state index contributed by atoms with van der Waals surface area (Å²) >= 11 is 0. The van der Waals surface area contributed by atoms with Crippen LogP contribution in [0.15, 0.2) is 22.8 Å². The molecule has 1 unspecified atom stereocenters. The molecule has 3 aliphatic rings. The van der Waals surface area contributed by atoms with Gasteiger partial charge in [0.2, 0.25) is 0 Å². The van der Waals surface area contributed by atoms with Crippen molar-refractivity contribution in [2.75, 3.05) is 0 Å². The molecule has 0 aliphatic heterocycles. The number of fused-ring (bicyclic) bond motifs is 2. The van der Waals surface area contributed by atoms with Crippen molar-refractivity contribution in [2.45, 2.75) is 83.5 Å². The molecular weight excluding hydrogens is 216 g/mol. The minimum atomic E-state index is 0.962. The quantitative estimate of drug-likeness (QED) is 0.495. The van der Waals surface area contributed by atoms with Gasteiger partial charge in [0.05, 0.1) is 0 Å². The van der Waals surface area contributed by atoms with Crippen LogP contribution in [0.2, 0.25) is 0 Å². The van der Waals surface area contributed by atoms with Crippen molar-refractivity contribution in [3.05, 3.63) is 22.8 Å². The van der Waals surface area contributed by atoms with Crippen LogP contribution in [-0.2, 0) is 0 Å². The van der Waals surface area contributed by atoms with Gasteiger partial charge in [-0.05, 0) is 81.3 Å². The van der Waals surface area contributed by atoms with Crippen LogP contribution in [-0.4, -0.2) is 0 Å². The Morgan fingerprint density at radius 3 is 2.50 bits per heavy atom. The number of allylic oxidation sites excluding steroid dienone is 4. The Hall–Kier alpha value is -0.520. The van der Waals surface area contributed by atoms with Crippen LogP contribution in [0.1, 0.15) is 83.5 Å². The van der Waals surface area contributed by atoms with Crippen LogP contribution in [0, 0.1) is 5.92 Å². The zero-order valence-corrected chi connectivity index (χ0v) is 11.8. The molecule has 0 heterocycles. The maximum Gasteiger partial charge on any atom is -0.0197 e. The zero-order valence-electron chi connectivity index (χ0n) is 11.8. The minimum Gasteiger partial charge on any atom is -0.0810 e. The van der Waals surface area contributed by atoms with Gasteiger partial charge < -0.3 is 0 Å². The maximum atomic E-state index is 2.61. The average Bonchev–Trinajstić information content (AvgIpc) is 2.71. The lowest BCUT2D eigenvalue weighted by Crippen LogP contribution is -2.09. The normalized spacial score (nSPS) is 34.2. The van der Waals surface area contributed by atoms with Crippen molar-refractivity contribution in [3.63, 3.8) is 0 Å². The maximum absolute atomic E-state index is 2.61. The summed E-state index contributed by atoms with van der Waals surface area (Å²) in [6.45, 7) is 0. The summed E-state index contributed by atoms with van der Waals surface area (Å²) in [4.78, 5) is 0. The largest absolute Gasteiger partial charge is 0.0810 e. The second kappa shape index (κ2) is 6.08. The molecule has 2 saturated carbocycles. The van der Waals surface area contributed by atoms with E-state index >= 15 is 0 Å². The predicted molar refractivity (Wildman–Crippen MR) is 78.6 cm³/mol. The van der Waals surface area contributed by atoms with E-state index in [4.69, 9.17) is 0 Å². The van der Waals surface area contributed by atoms with Gasteiger partial charge in [-0.15, -0.1) is 0 Å². The molecule has 0 nitrogen and oxygen atoms in total. The molecule has 3 rings (SSSR count). The van der Waals surface area contributed by atoms with Crippen LogP contribution >= 0.6 is 0 Å². The molecule has 0 aromatic heterocycles. The second-order valence-corrected chi connectivity index (χ2v) is 6.52. The fraction of sp³-hybridized carbons (Fsp3) is 0.778. The molecule has 0 aromatic rings. The van der Waals surface area contributed by atoms with E-state index in [-0.39, 0.29) is 0 Å². The fourth-order valence-electron chi connectivity index (χ4n) is 4.32. The molecule has 1 atom stereocenters. The van der Waals surface area contributed by atoms with Crippen molar-refractivity contribution in [1.82, 2.24) is 0 Å². The molecule has 0 saturated heterocycles. The lowest BCUT2D eigenvalue weighted by atomic mass is 9.80. The summed E-state index contributed by atoms with van der Waals surface area (Å²) < 4.78 is 0. The van der Waals surface area contributed by atoms with Crippen molar-refractivity contribution in [1.29, 1.82) is 0 Å². The number of rotatable bonds is 0. The number of hydrogen-bond acceptors (Lipinski definition) is 0. The minimum absolute atomic E-state index is 0.962. The molecule has 0 amide bonds. The average molecular weight is 244 g/mol. The second-order valence-electron chi connectivity index (χ2n) is 6.52. The lowest BCUT2D eigenvalue weighted by Gasteiger charge is -2.25. The summed E-state index contributed by atoms with van der Waals surface area (Å²) in [6, 6.07) is 0. The third-order valence-electron chi connectivity index (χ3n) is 5.29. The fourth-order valence-corrected chi connectivity index (χ4v) is 4.32. The van der Waals surface area contributed by atoms with E-state index < -0.39 is 0 Å². The zero-order chi connectivity index (χ0) is 12.2. The van der Waals surface area contributed by atoms with Gasteiger partial charge >= 0.3 is 0 Å². The smallest absolute Gasteiger partial charge is 0.0197 e. The van der Waals surface area contributed by atoms with Gasteiger partial charge in [-0.2, -0.15) is 0 Å². The molecule has 100 valence electrons. The Labute approximate surface area is 113 Å². The highest BCUT2D eigenvalue weighted by atomic mass is 14.3. The van der Waals surface area contributed by atoms with Gasteiger partial charge in [0.1, 0.15) is 0 Å². The molecule has 0 spiro atoms. The van der Waals surface area contributed by atoms with E-state index in [1.54, 1.807) is 5.57 Å². The third-order valence-corrected chi connectivity index (χ3v) is 5.29. The van der Waals surface area contributed by atoms with Crippen molar-refractivity contribution in [3.8, 4) is 0 Å². The molecule has 3 aliphatic carbocycles. The monoisotopic (exact) mass is 244 g/mol. The molecule has 2 fully saturated rings. The number of hydrogen-bond donors (Lipinski definition) is 0. The summed E-state index contributed by atoms with van der Waals surface area (Å²) in [5.74, 6) is 0.962. The van der Waals surface area contributed by atoms with Crippen LogP contribution in [0.3, 0.4) is 0 Å². The summed E-state index contributed by atoms with van der Waals surface area (Å²) in [5, 5.41) is 0. The van der Waals surface area contributed by atoms with Crippen LogP contribution in [0.25, 0.3) is 0 Å². The standard InChI is InChI=1S/C18H28/c1-3-9-15-11-7-8-12-16-10-4-2-6-14-18(16)17(15)13-5-1/h11,16H,1-10,12-14H2/b15-11?,18-17-. The van der Waals surface area contributed by atoms with E-state index in [9.17, 15) is 0 Å². The van der Waals surface area contributed by atoms with E-state index in [0.29, 0.717) is 0 Å². The molecule has 18 heavy (non-hydrogen) atoms. The summed E-state index contributed by atoms with van der Waals surface area (Å²) in [6.07, 6.45) is 21.3. The third kappa shape index (κ3) is 2.73. The Morgan fingerprint density at radius 2 is 1.50 bits per heavy atom. The molecule has 0 heteroatoms. The SMILES string of the molecule is C1=C2CCCCC/C2=C2\CCCCCC2CCC1. The molecule has 0 N–H and O–H groups in total. The van der Waals surface area contributed by atoms with Crippen molar-refractivity contribution >= 4 is 0 Å². The van der Waals surface area contributed by atoms with Gasteiger partial charge in [-0.25, -0.2) is 0 Å². The van der Waals surface area contributed by atoms with Gasteiger partial charge in [-0.3, -0.25) is 0 Å². The predicted octanol–water partition coefficient (Wildman–Crippen LogP) is 5.94. The highest BCUT2D eigenvalue weighted by molar-refractivity contribution is 5.38. The van der Waals surface area contributed by atoms with Crippen LogP contribution in [0.5, 0.6) is 0 Å². The van der Waals surface area contributed by atoms with Gasteiger partial charge in [0.25, 0.3) is 0 Å². The van der Waals surface area contributed by atoms with Crippen LogP contribution < -0.4 is 0 Å². The van der Waals surface area contributed by atoms with E-state index in [2.05, 4.69) is 6.08 Å². The van der Waals surface area contributed by atoms with E-state index in [1.165, 1.54) is 83.5 Å². The molecule has 0 radical (unpaired) electrons. The first-order valence-electron chi connectivity index (χ1n) is 8.36. The highest BCUT2D eigenvalue weighted by Crippen LogP contribution is 2.41. The van der Waals surface area contributed by atoms with Crippen molar-refractivity contribution < 1.29 is 0 Å². The molecule has 0 aromatic carbocycles. The summed E-state index contributed by atoms with van der Waals surface area (Å²) in [7, 11) is 0. The topological polar surface area (TPSA) is 0 Å². The van der Waals surface area contributed by atoms with E-state index in [1.807, 2.05) is 11.1 Å². The van der Waals surface area contributed by atoms with Crippen LogP contribution in [0.4, 0.5) is 0 Å². The molecular formula is C18H28. The Bertz CT molecular complexity index is 343. The first-order valence-corrected chi connectivity index (χ1v) is 8.36. The molecule has 0 bridgehead atoms. The lowest BCUT2D eigenvalue weighted by molar-refractivity contribution is 0.485. The van der Waals surface area contributed by atoms with Crippen molar-refractivity contribution in [2.24, 2.45) is 5.92 Å². The Balaban J connectivity index is 1.97. The summed E-state index contributed by atoms with van der Waals surface area (Å²) in [5.41, 5.74) is 5.54. The first-order chi connectivity index (χ1) is 8.95. The Kier molecular flexibility index (Phi) is 4.23. The van der Waals surface area contributed by atoms with Gasteiger partial charge in [-0.1, -0.05) is 30.9 Å². The first kappa shape index (κ1) is 12.5. The van der Waals surface area contributed by atoms with E-state index in [0.717, 1.165) is 5.92 Å². The Morgan fingerprint density at radius 1 is 0.722 bits per heavy atom. The van der Waals surface area contributed by atoms with Gasteiger partial charge in [0.15, 0.2) is 0 Å².